The van der Waals surface area contributed by atoms with Gasteiger partial charge in [-0.2, -0.15) is 0 Å². The van der Waals surface area contributed by atoms with Crippen molar-refractivity contribution in [1.29, 1.82) is 0 Å². The number of imidazole rings is 1. The Morgan fingerprint density at radius 1 is 1.06 bits per heavy atom. The maximum atomic E-state index is 12.9. The van der Waals surface area contributed by atoms with Gasteiger partial charge in [-0.25, -0.2) is 4.79 Å². The second-order valence-corrected chi connectivity index (χ2v) is 8.83. The smallest absolute Gasteiger partial charge is 0.295 e. The molecule has 0 radical (unpaired) electrons. The van der Waals surface area contributed by atoms with Crippen LogP contribution >= 0.6 is 35.0 Å². The molecule has 1 aromatic heterocycles. The van der Waals surface area contributed by atoms with Gasteiger partial charge in [0.25, 0.3) is 16.8 Å². The van der Waals surface area contributed by atoms with Crippen molar-refractivity contribution in [3.63, 3.8) is 0 Å². The van der Waals surface area contributed by atoms with Crippen LogP contribution < -0.4 is 5.69 Å². The number of thioether (sulfide) groups is 1. The topological polar surface area (TPSA) is 107 Å². The Labute approximate surface area is 195 Å². The van der Waals surface area contributed by atoms with Crippen molar-refractivity contribution in [3.8, 4) is 0 Å². The molecule has 3 aromatic rings. The standard InChI is InChI=1S/C20H14Cl2N4O5S/c1-23-15-6-10(14(26(30)31)8-16(15)24(2)19(23)28)7-17-18(27)25(20(29)32-17)9-11-12(21)4-3-5-13(11)22/h3-8H,9H2,1-2H3/b17-7-. The molecule has 9 nitrogen and oxygen atoms in total. The molecule has 2 amide bonds. The zero-order valence-corrected chi connectivity index (χ0v) is 19.0. The molecule has 4 rings (SSSR count). The first kappa shape index (κ1) is 22.1. The van der Waals surface area contributed by atoms with Crippen LogP contribution in [0.25, 0.3) is 17.1 Å². The molecular formula is C20H14Cl2N4O5S. The zero-order valence-electron chi connectivity index (χ0n) is 16.7. The number of hydrogen-bond donors (Lipinski definition) is 0. The number of aromatic nitrogens is 2. The van der Waals surface area contributed by atoms with Gasteiger partial charge in [0, 0.05) is 35.8 Å². The summed E-state index contributed by atoms with van der Waals surface area (Å²) >= 11 is 13.0. The Balaban J connectivity index is 1.77. The highest BCUT2D eigenvalue weighted by Gasteiger charge is 2.36. The molecule has 1 aliphatic heterocycles. The Kier molecular flexibility index (Phi) is 5.61. The first-order valence-corrected chi connectivity index (χ1v) is 10.7. The van der Waals surface area contributed by atoms with Crippen LogP contribution in [0, 0.1) is 10.1 Å². The number of benzene rings is 2. The van der Waals surface area contributed by atoms with Crippen molar-refractivity contribution in [2.75, 3.05) is 0 Å². The molecule has 2 heterocycles. The van der Waals surface area contributed by atoms with Crippen molar-refractivity contribution >= 4 is 68.9 Å². The molecule has 0 aliphatic carbocycles. The molecule has 0 spiro atoms. The fraction of sp³-hybridized carbons (Fsp3) is 0.150. The van der Waals surface area contributed by atoms with Crippen LogP contribution in [0.2, 0.25) is 10.0 Å². The summed E-state index contributed by atoms with van der Waals surface area (Å²) in [6.45, 7) is -0.130. The van der Waals surface area contributed by atoms with Gasteiger partial charge in [-0.1, -0.05) is 29.3 Å². The van der Waals surface area contributed by atoms with E-state index in [0.717, 1.165) is 4.90 Å². The van der Waals surface area contributed by atoms with Crippen LogP contribution in [-0.4, -0.2) is 30.1 Å². The summed E-state index contributed by atoms with van der Waals surface area (Å²) in [7, 11) is 3.06. The van der Waals surface area contributed by atoms with E-state index >= 15 is 0 Å². The molecule has 0 saturated carbocycles. The molecule has 0 atom stereocenters. The van der Waals surface area contributed by atoms with Crippen LogP contribution in [0.15, 0.2) is 40.0 Å². The number of carbonyl (C=O) groups is 2. The lowest BCUT2D eigenvalue weighted by atomic mass is 10.1. The molecule has 0 N–H and O–H groups in total. The van der Waals surface area contributed by atoms with E-state index in [-0.39, 0.29) is 28.4 Å². The summed E-state index contributed by atoms with van der Waals surface area (Å²) in [6.07, 6.45) is 1.29. The molecular weight excluding hydrogens is 479 g/mol. The van der Waals surface area contributed by atoms with Gasteiger partial charge in [0.15, 0.2) is 0 Å². The number of halogens is 2. The van der Waals surface area contributed by atoms with Gasteiger partial charge < -0.3 is 0 Å². The van der Waals surface area contributed by atoms with Crippen LogP contribution in [-0.2, 0) is 25.4 Å². The van der Waals surface area contributed by atoms with Gasteiger partial charge in [-0.15, -0.1) is 0 Å². The summed E-state index contributed by atoms with van der Waals surface area (Å²) < 4.78 is 2.65. The van der Waals surface area contributed by atoms with Crippen molar-refractivity contribution in [2.45, 2.75) is 6.54 Å². The number of nitro groups is 1. The minimum atomic E-state index is -0.618. The SMILES string of the molecule is Cn1c(=O)n(C)c2cc([N+](=O)[O-])c(/C=C3\SC(=O)N(Cc4c(Cl)cccc4Cl)C3=O)cc21. The van der Waals surface area contributed by atoms with E-state index in [1.54, 1.807) is 25.2 Å². The lowest BCUT2D eigenvalue weighted by Gasteiger charge is -2.14. The number of carbonyl (C=O) groups excluding carboxylic acids is 2. The van der Waals surface area contributed by atoms with Crippen molar-refractivity contribution in [2.24, 2.45) is 14.1 Å². The number of hydrogen-bond acceptors (Lipinski definition) is 6. The highest BCUT2D eigenvalue weighted by atomic mass is 35.5. The fourth-order valence-corrected chi connectivity index (χ4v) is 4.79. The molecule has 164 valence electrons. The van der Waals surface area contributed by atoms with Gasteiger partial charge in [0.1, 0.15) is 0 Å². The molecule has 1 aliphatic rings. The number of nitro benzene ring substituents is 1. The van der Waals surface area contributed by atoms with Gasteiger partial charge >= 0.3 is 5.69 Å². The Hall–Kier alpha value is -3.08. The van der Waals surface area contributed by atoms with Crippen LogP contribution in [0.1, 0.15) is 11.1 Å². The number of aryl methyl sites for hydroxylation is 2. The Morgan fingerprint density at radius 3 is 2.25 bits per heavy atom. The largest absolute Gasteiger partial charge is 0.328 e. The number of fused-ring (bicyclic) bond motifs is 1. The summed E-state index contributed by atoms with van der Waals surface area (Å²) in [6, 6.07) is 7.57. The molecule has 32 heavy (non-hydrogen) atoms. The maximum absolute atomic E-state index is 12.9. The van der Waals surface area contributed by atoms with Gasteiger partial charge in [0.2, 0.25) is 0 Å². The molecule has 0 unspecified atom stereocenters. The van der Waals surface area contributed by atoms with Crippen LogP contribution in [0.3, 0.4) is 0 Å². The lowest BCUT2D eigenvalue weighted by molar-refractivity contribution is -0.385. The van der Waals surface area contributed by atoms with E-state index in [9.17, 15) is 24.5 Å². The van der Waals surface area contributed by atoms with Gasteiger partial charge in [0.05, 0.1) is 33.0 Å². The van der Waals surface area contributed by atoms with Crippen molar-refractivity contribution in [1.82, 2.24) is 14.0 Å². The number of rotatable bonds is 4. The quantitative estimate of drug-likeness (QED) is 0.304. The van der Waals surface area contributed by atoms with E-state index in [4.69, 9.17) is 23.2 Å². The minimum Gasteiger partial charge on any atom is -0.295 e. The van der Waals surface area contributed by atoms with E-state index in [0.29, 0.717) is 38.4 Å². The predicted molar refractivity (Wildman–Crippen MR) is 123 cm³/mol. The maximum Gasteiger partial charge on any atom is 0.328 e. The first-order valence-electron chi connectivity index (χ1n) is 9.12. The van der Waals surface area contributed by atoms with Crippen LogP contribution in [0.5, 0.6) is 0 Å². The van der Waals surface area contributed by atoms with E-state index in [2.05, 4.69) is 0 Å². The van der Waals surface area contributed by atoms with E-state index in [1.165, 1.54) is 34.4 Å². The highest BCUT2D eigenvalue weighted by Crippen LogP contribution is 2.37. The third kappa shape index (κ3) is 3.60. The van der Waals surface area contributed by atoms with Gasteiger partial charge in [-0.3, -0.25) is 33.7 Å². The molecule has 2 aromatic carbocycles. The monoisotopic (exact) mass is 492 g/mol. The Morgan fingerprint density at radius 2 is 1.66 bits per heavy atom. The molecule has 1 fully saturated rings. The number of imide groups is 1. The average molecular weight is 493 g/mol. The minimum absolute atomic E-state index is 0.0153. The summed E-state index contributed by atoms with van der Waals surface area (Å²) in [4.78, 5) is 49.7. The van der Waals surface area contributed by atoms with Crippen LogP contribution in [0.4, 0.5) is 10.5 Å². The summed E-state index contributed by atoms with van der Waals surface area (Å²) in [5, 5.41) is 11.7. The molecule has 0 bridgehead atoms. The second-order valence-electron chi connectivity index (χ2n) is 7.03. The normalized spacial score (nSPS) is 15.4. The number of nitrogens with zero attached hydrogens (tertiary/aromatic N) is 4. The van der Waals surface area contributed by atoms with Crippen molar-refractivity contribution in [3.05, 3.63) is 77.0 Å². The third-order valence-electron chi connectivity index (χ3n) is 5.16. The summed E-state index contributed by atoms with van der Waals surface area (Å²) in [5.41, 5.74) is 0.721. The third-order valence-corrected chi connectivity index (χ3v) is 6.77. The van der Waals surface area contributed by atoms with Gasteiger partial charge in [-0.05, 0) is 36.0 Å². The first-order chi connectivity index (χ1) is 15.1. The molecule has 12 heteroatoms. The fourth-order valence-electron chi connectivity index (χ4n) is 3.44. The Bertz CT molecular complexity index is 1410. The average Bonchev–Trinajstić information content (AvgIpc) is 3.12. The van der Waals surface area contributed by atoms with E-state index in [1.807, 2.05) is 0 Å². The lowest BCUT2D eigenvalue weighted by Crippen LogP contribution is -2.27. The highest BCUT2D eigenvalue weighted by molar-refractivity contribution is 8.18. The second kappa shape index (κ2) is 8.12. The summed E-state index contributed by atoms with van der Waals surface area (Å²) in [5.74, 6) is -0.618. The number of amides is 2. The predicted octanol–water partition coefficient (Wildman–Crippen LogP) is 4.33. The zero-order chi connectivity index (χ0) is 23.3. The molecule has 1 saturated heterocycles. The van der Waals surface area contributed by atoms with Crippen molar-refractivity contribution < 1.29 is 14.5 Å². The van der Waals surface area contributed by atoms with E-state index < -0.39 is 16.1 Å².